The summed E-state index contributed by atoms with van der Waals surface area (Å²) in [6.45, 7) is 9.45. The molecule has 0 aromatic carbocycles. The lowest BCUT2D eigenvalue weighted by Gasteiger charge is -2.20. The van der Waals surface area contributed by atoms with Gasteiger partial charge in [0.25, 0.3) is 0 Å². The Morgan fingerprint density at radius 2 is 2.27 bits per heavy atom. The number of ether oxygens (including phenoxy) is 1. The van der Waals surface area contributed by atoms with E-state index < -0.39 is 0 Å². The average molecular weight is 304 g/mol. The Morgan fingerprint density at radius 1 is 1.41 bits per heavy atom. The molecule has 22 heavy (non-hydrogen) atoms. The van der Waals surface area contributed by atoms with Crippen LogP contribution in [0.25, 0.3) is 0 Å². The molecular formula is C16H24N4O2. The van der Waals surface area contributed by atoms with Crippen LogP contribution in [0.1, 0.15) is 42.2 Å². The first-order chi connectivity index (χ1) is 10.7. The minimum atomic E-state index is 0.139. The van der Waals surface area contributed by atoms with Crippen molar-refractivity contribution in [2.24, 2.45) is 5.92 Å². The molecule has 1 aliphatic heterocycles. The lowest BCUT2D eigenvalue weighted by molar-refractivity contribution is 0.0830. The fraction of sp³-hybridized carbons (Fsp3) is 0.625. The third-order valence-corrected chi connectivity index (χ3v) is 4.44. The van der Waals surface area contributed by atoms with Crippen molar-refractivity contribution in [3.05, 3.63) is 35.0 Å². The first kappa shape index (κ1) is 15.2. The summed E-state index contributed by atoms with van der Waals surface area (Å²) < 4.78 is 13.2. The van der Waals surface area contributed by atoms with Crippen LogP contribution < -0.4 is 5.32 Å². The predicted molar refractivity (Wildman–Crippen MR) is 82.4 cm³/mol. The van der Waals surface area contributed by atoms with Gasteiger partial charge in [-0.25, -0.2) is 0 Å². The molecule has 1 saturated heterocycles. The fourth-order valence-corrected chi connectivity index (χ4v) is 3.16. The number of nitrogens with one attached hydrogen (secondary N) is 1. The Labute approximate surface area is 130 Å². The van der Waals surface area contributed by atoms with Crippen LogP contribution in [0.2, 0.25) is 0 Å². The Balaban J connectivity index is 1.60. The average Bonchev–Trinajstić information content (AvgIpc) is 3.22. The minimum absolute atomic E-state index is 0.139. The molecule has 120 valence electrons. The summed E-state index contributed by atoms with van der Waals surface area (Å²) in [5.41, 5.74) is 3.31. The molecule has 1 aliphatic rings. The molecule has 0 spiro atoms. The minimum Gasteiger partial charge on any atom is -0.372 e. The van der Waals surface area contributed by atoms with Gasteiger partial charge >= 0.3 is 0 Å². The van der Waals surface area contributed by atoms with Crippen molar-refractivity contribution in [2.75, 3.05) is 13.2 Å². The number of nitrogens with zero attached hydrogens (tertiary/aromatic N) is 3. The van der Waals surface area contributed by atoms with E-state index in [0.29, 0.717) is 5.92 Å². The van der Waals surface area contributed by atoms with Crippen LogP contribution >= 0.6 is 0 Å². The molecule has 2 aromatic rings. The van der Waals surface area contributed by atoms with Crippen LogP contribution in [-0.2, 0) is 17.8 Å². The highest BCUT2D eigenvalue weighted by molar-refractivity contribution is 5.20. The van der Waals surface area contributed by atoms with Gasteiger partial charge in [-0.3, -0.25) is 4.68 Å². The van der Waals surface area contributed by atoms with E-state index in [1.54, 1.807) is 0 Å². The maximum Gasteiger partial charge on any atom is 0.138 e. The first-order valence-corrected chi connectivity index (χ1v) is 7.96. The molecule has 3 heterocycles. The van der Waals surface area contributed by atoms with Gasteiger partial charge in [0.1, 0.15) is 11.9 Å². The van der Waals surface area contributed by atoms with Gasteiger partial charge in [-0.2, -0.15) is 5.10 Å². The van der Waals surface area contributed by atoms with Crippen LogP contribution in [0.15, 0.2) is 16.8 Å². The van der Waals surface area contributed by atoms with Gasteiger partial charge in [-0.1, -0.05) is 5.16 Å². The van der Waals surface area contributed by atoms with Crippen LogP contribution in [0.3, 0.4) is 0 Å². The first-order valence-electron chi connectivity index (χ1n) is 7.96. The number of rotatable bonds is 6. The molecule has 2 atom stereocenters. The normalized spacial score (nSPS) is 21.6. The molecule has 1 N–H and O–H groups in total. The SMILES string of the molecule is CCn1nccc1[C@@H]1OCC[C@H]1CNCc1c(C)noc1C. The third-order valence-electron chi connectivity index (χ3n) is 4.44. The predicted octanol–water partition coefficient (Wildman–Crippen LogP) is 2.38. The monoisotopic (exact) mass is 304 g/mol. The number of aryl methyl sites for hydroxylation is 3. The molecule has 6 heteroatoms. The molecule has 0 bridgehead atoms. The van der Waals surface area contributed by atoms with Gasteiger partial charge < -0.3 is 14.6 Å². The molecule has 2 aromatic heterocycles. The van der Waals surface area contributed by atoms with Crippen molar-refractivity contribution < 1.29 is 9.26 Å². The van der Waals surface area contributed by atoms with E-state index in [1.807, 2.05) is 24.7 Å². The van der Waals surface area contributed by atoms with Gasteiger partial charge in [0, 0.05) is 43.9 Å². The molecule has 3 rings (SSSR count). The molecule has 0 unspecified atom stereocenters. The highest BCUT2D eigenvalue weighted by Crippen LogP contribution is 2.34. The van der Waals surface area contributed by atoms with E-state index in [4.69, 9.17) is 9.26 Å². The van der Waals surface area contributed by atoms with Crippen molar-refractivity contribution in [1.29, 1.82) is 0 Å². The number of aromatic nitrogens is 3. The lowest BCUT2D eigenvalue weighted by Crippen LogP contribution is -2.26. The van der Waals surface area contributed by atoms with Crippen molar-refractivity contribution in [3.8, 4) is 0 Å². The highest BCUT2D eigenvalue weighted by Gasteiger charge is 2.31. The number of hydrogen-bond donors (Lipinski definition) is 1. The molecule has 0 amide bonds. The van der Waals surface area contributed by atoms with Crippen molar-refractivity contribution in [1.82, 2.24) is 20.3 Å². The van der Waals surface area contributed by atoms with Gasteiger partial charge in [0.05, 0.1) is 11.4 Å². The second-order valence-electron chi connectivity index (χ2n) is 5.85. The number of hydrogen-bond acceptors (Lipinski definition) is 5. The standard InChI is InChI=1S/C16H24N4O2/c1-4-20-15(5-7-18-20)16-13(6-8-21-16)9-17-10-14-11(2)19-22-12(14)3/h5,7,13,16-17H,4,6,8-10H2,1-3H3/t13-,16+/m0/s1. The van der Waals surface area contributed by atoms with Crippen LogP contribution in [-0.4, -0.2) is 28.1 Å². The Hall–Kier alpha value is -1.66. The second-order valence-corrected chi connectivity index (χ2v) is 5.85. The van der Waals surface area contributed by atoms with E-state index in [0.717, 1.165) is 49.7 Å². The molecule has 0 saturated carbocycles. The van der Waals surface area contributed by atoms with Gasteiger partial charge in [-0.05, 0) is 33.3 Å². The van der Waals surface area contributed by atoms with Gasteiger partial charge in [0.2, 0.25) is 0 Å². The lowest BCUT2D eigenvalue weighted by atomic mass is 9.98. The van der Waals surface area contributed by atoms with Crippen LogP contribution in [0.4, 0.5) is 0 Å². The molecule has 6 nitrogen and oxygen atoms in total. The van der Waals surface area contributed by atoms with Crippen molar-refractivity contribution in [2.45, 2.75) is 46.4 Å². The van der Waals surface area contributed by atoms with E-state index in [1.165, 1.54) is 5.69 Å². The van der Waals surface area contributed by atoms with Crippen LogP contribution in [0.5, 0.6) is 0 Å². The zero-order valence-corrected chi connectivity index (χ0v) is 13.5. The molecule has 0 aliphatic carbocycles. The quantitative estimate of drug-likeness (QED) is 0.887. The summed E-state index contributed by atoms with van der Waals surface area (Å²) in [5.74, 6) is 1.37. The van der Waals surface area contributed by atoms with Gasteiger partial charge in [-0.15, -0.1) is 0 Å². The Morgan fingerprint density at radius 3 is 3.00 bits per heavy atom. The van der Waals surface area contributed by atoms with E-state index in [-0.39, 0.29) is 6.10 Å². The van der Waals surface area contributed by atoms with Crippen molar-refractivity contribution in [3.63, 3.8) is 0 Å². The maximum atomic E-state index is 5.96. The van der Waals surface area contributed by atoms with Crippen molar-refractivity contribution >= 4 is 0 Å². The Bertz CT molecular complexity index is 600. The van der Waals surface area contributed by atoms with Crippen LogP contribution in [0, 0.1) is 19.8 Å². The summed E-state index contributed by atoms with van der Waals surface area (Å²) in [7, 11) is 0. The summed E-state index contributed by atoms with van der Waals surface area (Å²) in [6.07, 6.45) is 3.07. The summed E-state index contributed by atoms with van der Waals surface area (Å²) in [6, 6.07) is 2.07. The second kappa shape index (κ2) is 6.62. The molecule has 0 radical (unpaired) electrons. The summed E-state index contributed by atoms with van der Waals surface area (Å²) >= 11 is 0. The third kappa shape index (κ3) is 2.94. The smallest absolute Gasteiger partial charge is 0.138 e. The maximum absolute atomic E-state index is 5.96. The highest BCUT2D eigenvalue weighted by atomic mass is 16.5. The van der Waals surface area contributed by atoms with E-state index in [9.17, 15) is 0 Å². The zero-order valence-electron chi connectivity index (χ0n) is 13.5. The Kier molecular flexibility index (Phi) is 4.59. The zero-order chi connectivity index (χ0) is 15.5. The molecular weight excluding hydrogens is 280 g/mol. The molecule has 1 fully saturated rings. The summed E-state index contributed by atoms with van der Waals surface area (Å²) in [4.78, 5) is 0. The van der Waals surface area contributed by atoms with Gasteiger partial charge in [0.15, 0.2) is 0 Å². The van der Waals surface area contributed by atoms with E-state index >= 15 is 0 Å². The largest absolute Gasteiger partial charge is 0.372 e. The fourth-order valence-electron chi connectivity index (χ4n) is 3.16. The summed E-state index contributed by atoms with van der Waals surface area (Å²) in [5, 5.41) is 11.9. The van der Waals surface area contributed by atoms with E-state index in [2.05, 4.69) is 28.6 Å². The topological polar surface area (TPSA) is 65.1 Å².